The Kier molecular flexibility index (Phi) is 2.36. The summed E-state index contributed by atoms with van der Waals surface area (Å²) in [5, 5.41) is 0.975. The molecule has 0 unspecified atom stereocenters. The van der Waals surface area contributed by atoms with E-state index in [4.69, 9.17) is 0 Å². The van der Waals surface area contributed by atoms with Crippen LogP contribution in [0.4, 0.5) is 5.69 Å². The standard InChI is InChI=1S/C11H11NO2S/c1-2-15(13,14)12-9-5-7-10-6-3-4-8-11(10)12/h2-8H,1,9H2. The number of fused-ring (bicyclic) bond motifs is 1. The van der Waals surface area contributed by atoms with Crippen molar-refractivity contribution < 1.29 is 8.42 Å². The maximum absolute atomic E-state index is 11.7. The van der Waals surface area contributed by atoms with Crippen LogP contribution in [0.2, 0.25) is 0 Å². The quantitative estimate of drug-likeness (QED) is 0.766. The zero-order valence-corrected chi connectivity index (χ0v) is 8.94. The molecule has 0 atom stereocenters. The predicted octanol–water partition coefficient (Wildman–Crippen LogP) is 1.99. The lowest BCUT2D eigenvalue weighted by Crippen LogP contribution is -2.31. The van der Waals surface area contributed by atoms with Gasteiger partial charge in [0, 0.05) is 5.41 Å². The second kappa shape index (κ2) is 3.55. The number of sulfonamides is 1. The van der Waals surface area contributed by atoms with Crippen LogP contribution in [0.5, 0.6) is 0 Å². The van der Waals surface area contributed by atoms with E-state index in [9.17, 15) is 8.42 Å². The largest absolute Gasteiger partial charge is 0.262 e. The van der Waals surface area contributed by atoms with Crippen LogP contribution in [-0.2, 0) is 10.0 Å². The van der Waals surface area contributed by atoms with Crippen LogP contribution in [0.3, 0.4) is 0 Å². The zero-order valence-electron chi connectivity index (χ0n) is 8.13. The van der Waals surface area contributed by atoms with Gasteiger partial charge in [-0.05, 0) is 11.6 Å². The van der Waals surface area contributed by atoms with Crippen molar-refractivity contribution >= 4 is 21.8 Å². The molecule has 0 fully saturated rings. The Balaban J connectivity index is 2.56. The van der Waals surface area contributed by atoms with E-state index < -0.39 is 10.0 Å². The fraction of sp³-hybridized carbons (Fsp3) is 0.0909. The fourth-order valence-corrected chi connectivity index (χ4v) is 2.47. The first-order valence-electron chi connectivity index (χ1n) is 4.56. The summed E-state index contributed by atoms with van der Waals surface area (Å²) in [4.78, 5) is 0. The van der Waals surface area contributed by atoms with E-state index in [1.54, 1.807) is 6.07 Å². The molecule has 3 nitrogen and oxygen atoms in total. The van der Waals surface area contributed by atoms with Crippen LogP contribution in [0.1, 0.15) is 5.56 Å². The van der Waals surface area contributed by atoms with Crippen molar-refractivity contribution in [3.63, 3.8) is 0 Å². The van der Waals surface area contributed by atoms with E-state index in [-0.39, 0.29) is 0 Å². The maximum Gasteiger partial charge on any atom is 0.257 e. The molecule has 0 N–H and O–H groups in total. The van der Waals surface area contributed by atoms with E-state index in [1.165, 1.54) is 4.31 Å². The number of para-hydroxylation sites is 1. The monoisotopic (exact) mass is 221 g/mol. The Morgan fingerprint density at radius 3 is 2.80 bits per heavy atom. The molecule has 0 bridgehead atoms. The van der Waals surface area contributed by atoms with Gasteiger partial charge in [-0.2, -0.15) is 0 Å². The van der Waals surface area contributed by atoms with Crippen LogP contribution in [0.15, 0.2) is 42.3 Å². The van der Waals surface area contributed by atoms with Crippen LogP contribution >= 0.6 is 0 Å². The first kappa shape index (κ1) is 9.98. The van der Waals surface area contributed by atoms with Crippen molar-refractivity contribution in [2.45, 2.75) is 0 Å². The highest BCUT2D eigenvalue weighted by Gasteiger charge is 2.21. The molecule has 0 amide bonds. The number of benzene rings is 1. The highest BCUT2D eigenvalue weighted by molar-refractivity contribution is 7.95. The van der Waals surface area contributed by atoms with Gasteiger partial charge in [-0.1, -0.05) is 36.9 Å². The lowest BCUT2D eigenvalue weighted by molar-refractivity contribution is 0.601. The molecule has 1 aromatic carbocycles. The maximum atomic E-state index is 11.7. The summed E-state index contributed by atoms with van der Waals surface area (Å²) in [6, 6.07) is 7.38. The van der Waals surface area contributed by atoms with Gasteiger partial charge in [-0.3, -0.25) is 4.31 Å². The van der Waals surface area contributed by atoms with Gasteiger partial charge in [0.05, 0.1) is 12.2 Å². The minimum absolute atomic E-state index is 0.366. The first-order chi connectivity index (χ1) is 7.15. The van der Waals surface area contributed by atoms with Crippen LogP contribution in [-0.4, -0.2) is 15.0 Å². The predicted molar refractivity (Wildman–Crippen MR) is 61.9 cm³/mol. The highest BCUT2D eigenvalue weighted by atomic mass is 32.2. The van der Waals surface area contributed by atoms with Crippen molar-refractivity contribution in [3.8, 4) is 0 Å². The third kappa shape index (κ3) is 1.68. The normalized spacial score (nSPS) is 14.8. The van der Waals surface area contributed by atoms with Crippen LogP contribution in [0, 0.1) is 0 Å². The van der Waals surface area contributed by atoms with E-state index in [1.807, 2.05) is 30.4 Å². The van der Waals surface area contributed by atoms with Crippen LogP contribution < -0.4 is 4.31 Å². The molecule has 0 spiro atoms. The SMILES string of the molecule is C=CS(=O)(=O)N1CC=Cc2ccccc21. The lowest BCUT2D eigenvalue weighted by atomic mass is 10.1. The molecule has 0 aliphatic carbocycles. The summed E-state index contributed by atoms with van der Waals surface area (Å²) in [5.41, 5.74) is 1.62. The van der Waals surface area contributed by atoms with Gasteiger partial charge in [0.15, 0.2) is 0 Å². The molecule has 78 valence electrons. The zero-order chi connectivity index (χ0) is 10.9. The number of hydrogen-bond donors (Lipinski definition) is 0. The number of anilines is 1. The summed E-state index contributed by atoms with van der Waals surface area (Å²) in [7, 11) is -3.39. The molecule has 1 aliphatic rings. The molecule has 0 saturated carbocycles. The Labute approximate surface area is 89.4 Å². The van der Waals surface area contributed by atoms with Gasteiger partial charge in [-0.25, -0.2) is 8.42 Å². The molecular weight excluding hydrogens is 210 g/mol. The van der Waals surface area contributed by atoms with Crippen molar-refractivity contribution in [2.24, 2.45) is 0 Å². The third-order valence-electron chi connectivity index (χ3n) is 2.29. The van der Waals surface area contributed by atoms with E-state index in [0.29, 0.717) is 12.2 Å². The molecule has 15 heavy (non-hydrogen) atoms. The van der Waals surface area contributed by atoms with E-state index in [0.717, 1.165) is 11.0 Å². The van der Waals surface area contributed by atoms with Gasteiger partial charge >= 0.3 is 0 Å². The van der Waals surface area contributed by atoms with Crippen molar-refractivity contribution in [3.05, 3.63) is 47.9 Å². The van der Waals surface area contributed by atoms with Crippen LogP contribution in [0.25, 0.3) is 6.08 Å². The second-order valence-corrected chi connectivity index (χ2v) is 5.01. The molecule has 2 rings (SSSR count). The Bertz CT molecular complexity index is 517. The summed E-state index contributed by atoms with van der Waals surface area (Å²) in [6.07, 6.45) is 3.74. The molecule has 0 aromatic heterocycles. The first-order valence-corrected chi connectivity index (χ1v) is 6.06. The molecule has 1 aromatic rings. The smallest absolute Gasteiger partial charge is 0.257 e. The number of nitrogens with zero attached hydrogens (tertiary/aromatic N) is 1. The summed E-state index contributed by atoms with van der Waals surface area (Å²) in [6.45, 7) is 3.69. The molecular formula is C11H11NO2S. The van der Waals surface area contributed by atoms with E-state index in [2.05, 4.69) is 6.58 Å². The minimum Gasteiger partial charge on any atom is -0.262 e. The Morgan fingerprint density at radius 2 is 2.07 bits per heavy atom. The average Bonchev–Trinajstić information content (AvgIpc) is 2.28. The number of rotatable bonds is 2. The van der Waals surface area contributed by atoms with Crippen molar-refractivity contribution in [2.75, 3.05) is 10.8 Å². The summed E-state index contributed by atoms with van der Waals surface area (Å²) < 4.78 is 24.7. The second-order valence-electron chi connectivity index (χ2n) is 3.20. The summed E-state index contributed by atoms with van der Waals surface area (Å²) in [5.74, 6) is 0. The van der Waals surface area contributed by atoms with Crippen molar-refractivity contribution in [1.29, 1.82) is 0 Å². The summed E-state index contributed by atoms with van der Waals surface area (Å²) >= 11 is 0. The molecule has 0 saturated heterocycles. The lowest BCUT2D eigenvalue weighted by Gasteiger charge is -2.25. The highest BCUT2D eigenvalue weighted by Crippen LogP contribution is 2.27. The third-order valence-corrected chi connectivity index (χ3v) is 3.67. The van der Waals surface area contributed by atoms with Gasteiger partial charge < -0.3 is 0 Å². The van der Waals surface area contributed by atoms with Gasteiger partial charge in [0.1, 0.15) is 0 Å². The molecule has 4 heteroatoms. The van der Waals surface area contributed by atoms with E-state index >= 15 is 0 Å². The minimum atomic E-state index is -3.39. The average molecular weight is 221 g/mol. The van der Waals surface area contributed by atoms with Gasteiger partial charge in [0.2, 0.25) is 0 Å². The topological polar surface area (TPSA) is 37.4 Å². The fourth-order valence-electron chi connectivity index (χ4n) is 1.56. The van der Waals surface area contributed by atoms with Crippen molar-refractivity contribution in [1.82, 2.24) is 0 Å². The Hall–Kier alpha value is -1.55. The molecule has 0 radical (unpaired) electrons. The van der Waals surface area contributed by atoms with Gasteiger partial charge in [-0.15, -0.1) is 0 Å². The molecule has 1 aliphatic heterocycles. The Morgan fingerprint density at radius 1 is 1.33 bits per heavy atom. The van der Waals surface area contributed by atoms with Gasteiger partial charge in [0.25, 0.3) is 10.0 Å². The molecule has 1 heterocycles. The number of hydrogen-bond acceptors (Lipinski definition) is 2.